The van der Waals surface area contributed by atoms with Crippen molar-refractivity contribution >= 4 is 22.8 Å². The van der Waals surface area contributed by atoms with Gasteiger partial charge in [-0.1, -0.05) is 6.92 Å². The molecule has 1 unspecified atom stereocenters. The van der Waals surface area contributed by atoms with Crippen LogP contribution in [0, 0.1) is 0 Å². The number of aromatic nitrogens is 3. The van der Waals surface area contributed by atoms with E-state index in [1.807, 2.05) is 24.6 Å². The Labute approximate surface area is 105 Å². The molecule has 0 aliphatic rings. The molecule has 0 saturated carbocycles. The monoisotopic (exact) mass is 248 g/mol. The van der Waals surface area contributed by atoms with Crippen LogP contribution in [-0.2, 0) is 11.8 Å². The van der Waals surface area contributed by atoms with E-state index in [0.717, 1.165) is 17.5 Å². The fourth-order valence-corrected chi connectivity index (χ4v) is 1.87. The summed E-state index contributed by atoms with van der Waals surface area (Å²) in [7, 11) is 1.91. The van der Waals surface area contributed by atoms with Crippen LogP contribution in [0.25, 0.3) is 11.0 Å². The average Bonchev–Trinajstić information content (AvgIpc) is 2.71. The van der Waals surface area contributed by atoms with Crippen LogP contribution in [0.5, 0.6) is 0 Å². The van der Waals surface area contributed by atoms with Crippen LogP contribution in [0.1, 0.15) is 19.8 Å². The molecule has 0 aliphatic carbocycles. The van der Waals surface area contributed by atoms with Crippen LogP contribution in [-0.4, -0.2) is 31.7 Å². The van der Waals surface area contributed by atoms with Gasteiger partial charge in [-0.05, 0) is 12.5 Å². The van der Waals surface area contributed by atoms with Crippen molar-refractivity contribution in [2.24, 2.45) is 7.05 Å². The molecule has 6 heteroatoms. The zero-order chi connectivity index (χ0) is 13.1. The molecule has 96 valence electrons. The number of nitrogens with zero attached hydrogens (tertiary/aromatic N) is 3. The maximum atomic E-state index is 10.7. The maximum Gasteiger partial charge on any atom is 0.305 e. The van der Waals surface area contributed by atoms with Gasteiger partial charge in [0.15, 0.2) is 5.82 Å². The Kier molecular flexibility index (Phi) is 3.45. The lowest BCUT2D eigenvalue weighted by molar-refractivity contribution is -0.137. The predicted octanol–water partition coefficient (Wildman–Crippen LogP) is 1.63. The first kappa shape index (κ1) is 12.3. The summed E-state index contributed by atoms with van der Waals surface area (Å²) in [4.78, 5) is 19.3. The largest absolute Gasteiger partial charge is 0.481 e. The summed E-state index contributed by atoms with van der Waals surface area (Å²) >= 11 is 0. The second-order valence-electron chi connectivity index (χ2n) is 4.23. The third-order valence-electron chi connectivity index (χ3n) is 2.90. The highest BCUT2D eigenvalue weighted by Gasteiger charge is 2.14. The minimum absolute atomic E-state index is 0.0708. The third kappa shape index (κ3) is 2.42. The highest BCUT2D eigenvalue weighted by atomic mass is 16.4. The van der Waals surface area contributed by atoms with Crippen molar-refractivity contribution in [3.05, 3.63) is 18.6 Å². The number of nitrogens with one attached hydrogen (secondary N) is 1. The summed E-state index contributed by atoms with van der Waals surface area (Å²) in [6.45, 7) is 1.94. The molecule has 2 N–H and O–H groups in total. The standard InChI is InChI=1S/C12H16N4O2/c1-3-8(6-10(17)18)15-12-11-9(4-5-13-12)16(2)7-14-11/h4-5,7-8H,3,6H2,1-2H3,(H,13,15)(H,17,18). The second-order valence-corrected chi connectivity index (χ2v) is 4.23. The smallest absolute Gasteiger partial charge is 0.305 e. The topological polar surface area (TPSA) is 80.0 Å². The molecule has 0 fully saturated rings. The number of carbonyl (C=O) groups is 1. The molecule has 6 nitrogen and oxygen atoms in total. The second kappa shape index (κ2) is 5.03. The lowest BCUT2D eigenvalue weighted by atomic mass is 10.1. The Balaban J connectivity index is 2.28. The molecule has 2 heterocycles. The summed E-state index contributed by atoms with van der Waals surface area (Å²) in [5.41, 5.74) is 1.74. The fraction of sp³-hybridized carbons (Fsp3) is 0.417. The SMILES string of the molecule is CCC(CC(=O)O)Nc1nccc2c1ncn2C. The van der Waals surface area contributed by atoms with Crippen LogP contribution in [0.15, 0.2) is 18.6 Å². The quantitative estimate of drug-likeness (QED) is 0.840. The third-order valence-corrected chi connectivity index (χ3v) is 2.90. The number of rotatable bonds is 5. The van der Waals surface area contributed by atoms with E-state index < -0.39 is 5.97 Å². The normalized spacial score (nSPS) is 12.6. The van der Waals surface area contributed by atoms with E-state index in [1.165, 1.54) is 0 Å². The number of anilines is 1. The average molecular weight is 248 g/mol. The molecule has 2 rings (SSSR count). The highest BCUT2D eigenvalue weighted by molar-refractivity contribution is 5.86. The van der Waals surface area contributed by atoms with Gasteiger partial charge in [0.05, 0.1) is 18.3 Å². The number of aliphatic carboxylic acids is 1. The predicted molar refractivity (Wildman–Crippen MR) is 68.5 cm³/mol. The van der Waals surface area contributed by atoms with Crippen LogP contribution in [0.4, 0.5) is 5.82 Å². The highest BCUT2D eigenvalue weighted by Crippen LogP contribution is 2.20. The zero-order valence-electron chi connectivity index (χ0n) is 10.4. The molecule has 18 heavy (non-hydrogen) atoms. The maximum absolute atomic E-state index is 10.7. The number of carboxylic acids is 1. The summed E-state index contributed by atoms with van der Waals surface area (Å²) in [6, 6.07) is 1.74. The fourth-order valence-electron chi connectivity index (χ4n) is 1.87. The number of pyridine rings is 1. The van der Waals surface area contributed by atoms with Crippen LogP contribution in [0.3, 0.4) is 0 Å². The molecular formula is C12H16N4O2. The van der Waals surface area contributed by atoms with E-state index in [0.29, 0.717) is 5.82 Å². The van der Waals surface area contributed by atoms with Crippen molar-refractivity contribution in [1.82, 2.24) is 14.5 Å². The molecular weight excluding hydrogens is 232 g/mol. The molecule has 1 atom stereocenters. The van der Waals surface area contributed by atoms with Gasteiger partial charge in [0.1, 0.15) is 5.52 Å². The number of carboxylic acid groups (broad SMARTS) is 1. The van der Waals surface area contributed by atoms with Crippen molar-refractivity contribution in [2.45, 2.75) is 25.8 Å². The Morgan fingerprint density at radius 3 is 3.00 bits per heavy atom. The van der Waals surface area contributed by atoms with Crippen LogP contribution < -0.4 is 5.32 Å². The van der Waals surface area contributed by atoms with E-state index in [-0.39, 0.29) is 12.5 Å². The summed E-state index contributed by atoms with van der Waals surface area (Å²) in [5.74, 6) is -0.177. The molecule has 0 aromatic carbocycles. The van der Waals surface area contributed by atoms with Gasteiger partial charge in [0, 0.05) is 19.3 Å². The first-order valence-electron chi connectivity index (χ1n) is 5.86. The number of hydrogen-bond donors (Lipinski definition) is 2. The lowest BCUT2D eigenvalue weighted by Crippen LogP contribution is -2.22. The van der Waals surface area contributed by atoms with Gasteiger partial charge >= 0.3 is 5.97 Å². The zero-order valence-corrected chi connectivity index (χ0v) is 10.4. The lowest BCUT2D eigenvalue weighted by Gasteiger charge is -2.15. The number of imidazole rings is 1. The van der Waals surface area contributed by atoms with Gasteiger partial charge in [0.2, 0.25) is 0 Å². The van der Waals surface area contributed by atoms with Gasteiger partial charge in [-0.3, -0.25) is 4.79 Å². The molecule has 2 aromatic heterocycles. The molecule has 0 radical (unpaired) electrons. The van der Waals surface area contributed by atoms with Crippen molar-refractivity contribution < 1.29 is 9.90 Å². The van der Waals surface area contributed by atoms with Crippen molar-refractivity contribution in [3.63, 3.8) is 0 Å². The minimum atomic E-state index is -0.817. The molecule has 0 saturated heterocycles. The Hall–Kier alpha value is -2.11. The van der Waals surface area contributed by atoms with Crippen molar-refractivity contribution in [3.8, 4) is 0 Å². The molecule has 0 amide bonds. The Morgan fingerprint density at radius 2 is 2.33 bits per heavy atom. The summed E-state index contributed by atoms with van der Waals surface area (Å²) < 4.78 is 1.90. The van der Waals surface area contributed by atoms with Gasteiger partial charge in [0.25, 0.3) is 0 Å². The minimum Gasteiger partial charge on any atom is -0.481 e. The van der Waals surface area contributed by atoms with Gasteiger partial charge in [-0.15, -0.1) is 0 Å². The van der Waals surface area contributed by atoms with E-state index >= 15 is 0 Å². The molecule has 2 aromatic rings. The van der Waals surface area contributed by atoms with Gasteiger partial charge in [-0.25, -0.2) is 9.97 Å². The van der Waals surface area contributed by atoms with Gasteiger partial charge < -0.3 is 15.0 Å². The molecule has 0 spiro atoms. The number of fused-ring (bicyclic) bond motifs is 1. The van der Waals surface area contributed by atoms with Crippen molar-refractivity contribution in [2.75, 3.05) is 5.32 Å². The number of hydrogen-bond acceptors (Lipinski definition) is 4. The Bertz CT molecular complexity index is 564. The first-order valence-corrected chi connectivity index (χ1v) is 5.86. The Morgan fingerprint density at radius 1 is 1.56 bits per heavy atom. The van der Waals surface area contributed by atoms with E-state index in [4.69, 9.17) is 5.11 Å². The summed E-state index contributed by atoms with van der Waals surface area (Å²) in [6.07, 6.45) is 4.20. The van der Waals surface area contributed by atoms with E-state index in [2.05, 4.69) is 15.3 Å². The number of aryl methyl sites for hydroxylation is 1. The molecule has 0 aliphatic heterocycles. The van der Waals surface area contributed by atoms with Crippen molar-refractivity contribution in [1.29, 1.82) is 0 Å². The van der Waals surface area contributed by atoms with E-state index in [1.54, 1.807) is 12.5 Å². The summed E-state index contributed by atoms with van der Waals surface area (Å²) in [5, 5.41) is 12.0. The molecule has 0 bridgehead atoms. The van der Waals surface area contributed by atoms with Crippen LogP contribution in [0.2, 0.25) is 0 Å². The van der Waals surface area contributed by atoms with Crippen LogP contribution >= 0.6 is 0 Å². The first-order chi connectivity index (χ1) is 8.61. The van der Waals surface area contributed by atoms with E-state index in [9.17, 15) is 4.79 Å². The van der Waals surface area contributed by atoms with Gasteiger partial charge in [-0.2, -0.15) is 0 Å².